The van der Waals surface area contributed by atoms with Crippen molar-refractivity contribution < 1.29 is 27.5 Å². The highest BCUT2D eigenvalue weighted by molar-refractivity contribution is 5.94. The molecule has 0 aliphatic heterocycles. The van der Waals surface area contributed by atoms with Crippen molar-refractivity contribution in [3.05, 3.63) is 71.0 Å². The number of hydrogen-bond donors (Lipinski definition) is 1. The Morgan fingerprint density at radius 3 is 2.46 bits per heavy atom. The lowest BCUT2D eigenvalue weighted by Gasteiger charge is -2.07. The van der Waals surface area contributed by atoms with Gasteiger partial charge in [0, 0.05) is 18.2 Å². The van der Waals surface area contributed by atoms with Crippen molar-refractivity contribution in [3.8, 4) is 0 Å². The Balaban J connectivity index is 1.76. The first-order chi connectivity index (χ1) is 11.5. The molecule has 0 bridgehead atoms. The summed E-state index contributed by atoms with van der Waals surface area (Å²) in [5.74, 6) is -3.67. The number of ether oxygens (including phenoxy) is 1. The standard InChI is InChI=1S/C17H14F3NO3/c18-12-5-6-13(15(20)9-12)17(23)21-8-7-16(22)24-10-11-3-1-2-4-14(11)19/h1-6,9H,7-8,10H2,(H,21,23). The van der Waals surface area contributed by atoms with E-state index in [-0.39, 0.29) is 30.7 Å². The summed E-state index contributed by atoms with van der Waals surface area (Å²) in [6, 6.07) is 8.44. The summed E-state index contributed by atoms with van der Waals surface area (Å²) < 4.78 is 44.4. The van der Waals surface area contributed by atoms with E-state index in [1.807, 2.05) is 0 Å². The number of halogens is 3. The Kier molecular flexibility index (Phi) is 5.95. The largest absolute Gasteiger partial charge is 0.461 e. The van der Waals surface area contributed by atoms with Crippen LogP contribution >= 0.6 is 0 Å². The number of carbonyl (C=O) groups excluding carboxylic acids is 2. The number of carbonyl (C=O) groups is 2. The molecule has 1 N–H and O–H groups in total. The fourth-order valence-corrected chi connectivity index (χ4v) is 1.89. The molecule has 0 spiro atoms. The van der Waals surface area contributed by atoms with Crippen molar-refractivity contribution in [2.45, 2.75) is 13.0 Å². The molecule has 0 atom stereocenters. The zero-order valence-corrected chi connectivity index (χ0v) is 12.5. The zero-order valence-electron chi connectivity index (χ0n) is 12.5. The van der Waals surface area contributed by atoms with E-state index in [1.165, 1.54) is 18.2 Å². The highest BCUT2D eigenvalue weighted by atomic mass is 19.1. The van der Waals surface area contributed by atoms with Gasteiger partial charge in [-0.3, -0.25) is 9.59 Å². The van der Waals surface area contributed by atoms with Gasteiger partial charge in [-0.15, -0.1) is 0 Å². The average molecular weight is 337 g/mol. The van der Waals surface area contributed by atoms with Gasteiger partial charge >= 0.3 is 5.97 Å². The first kappa shape index (κ1) is 17.5. The van der Waals surface area contributed by atoms with Crippen molar-refractivity contribution in [2.75, 3.05) is 6.54 Å². The summed E-state index contributed by atoms with van der Waals surface area (Å²) in [5.41, 5.74) is -0.0839. The summed E-state index contributed by atoms with van der Waals surface area (Å²) in [4.78, 5) is 23.2. The maximum atomic E-state index is 13.4. The van der Waals surface area contributed by atoms with Crippen molar-refractivity contribution in [1.82, 2.24) is 5.32 Å². The van der Waals surface area contributed by atoms with Gasteiger partial charge in [-0.1, -0.05) is 18.2 Å². The van der Waals surface area contributed by atoms with Crippen molar-refractivity contribution in [3.63, 3.8) is 0 Å². The normalized spacial score (nSPS) is 10.3. The Morgan fingerprint density at radius 2 is 1.75 bits per heavy atom. The van der Waals surface area contributed by atoms with E-state index < -0.39 is 29.3 Å². The maximum Gasteiger partial charge on any atom is 0.307 e. The van der Waals surface area contributed by atoms with Crippen LogP contribution in [0.15, 0.2) is 42.5 Å². The molecule has 24 heavy (non-hydrogen) atoms. The van der Waals surface area contributed by atoms with Gasteiger partial charge in [0.2, 0.25) is 0 Å². The number of amides is 1. The van der Waals surface area contributed by atoms with E-state index in [9.17, 15) is 22.8 Å². The van der Waals surface area contributed by atoms with Crippen LogP contribution in [0.5, 0.6) is 0 Å². The van der Waals surface area contributed by atoms with Crippen LogP contribution in [-0.4, -0.2) is 18.4 Å². The molecule has 0 saturated carbocycles. The minimum atomic E-state index is -0.991. The monoisotopic (exact) mass is 337 g/mol. The summed E-state index contributed by atoms with van der Waals surface area (Å²) in [5, 5.41) is 2.32. The molecular formula is C17H14F3NO3. The number of nitrogens with one attached hydrogen (secondary N) is 1. The third kappa shape index (κ3) is 4.84. The van der Waals surface area contributed by atoms with Crippen LogP contribution in [0.25, 0.3) is 0 Å². The molecule has 2 aromatic rings. The van der Waals surface area contributed by atoms with Crippen molar-refractivity contribution in [1.29, 1.82) is 0 Å². The van der Waals surface area contributed by atoms with Gasteiger partial charge in [-0.25, -0.2) is 13.2 Å². The van der Waals surface area contributed by atoms with Crippen LogP contribution in [0.2, 0.25) is 0 Å². The predicted octanol–water partition coefficient (Wildman–Crippen LogP) is 2.97. The molecule has 0 heterocycles. The molecule has 7 heteroatoms. The van der Waals surface area contributed by atoms with Crippen molar-refractivity contribution in [2.24, 2.45) is 0 Å². The summed E-state index contributed by atoms with van der Waals surface area (Å²) in [6.45, 7) is -0.308. The minimum absolute atomic E-state index is 0.0915. The highest BCUT2D eigenvalue weighted by Crippen LogP contribution is 2.10. The van der Waals surface area contributed by atoms with Crippen LogP contribution in [0.4, 0.5) is 13.2 Å². The molecule has 126 valence electrons. The molecule has 0 unspecified atom stereocenters. The lowest BCUT2D eigenvalue weighted by Crippen LogP contribution is -2.27. The third-order valence-corrected chi connectivity index (χ3v) is 3.14. The number of rotatable bonds is 6. The second-order valence-electron chi connectivity index (χ2n) is 4.88. The molecular weight excluding hydrogens is 323 g/mol. The first-order valence-electron chi connectivity index (χ1n) is 7.09. The van der Waals surface area contributed by atoms with E-state index in [2.05, 4.69) is 5.32 Å². The van der Waals surface area contributed by atoms with Crippen LogP contribution in [0.3, 0.4) is 0 Å². The van der Waals surface area contributed by atoms with Gasteiger partial charge in [0.15, 0.2) is 0 Å². The summed E-state index contributed by atoms with van der Waals surface area (Å²) in [7, 11) is 0. The number of hydrogen-bond acceptors (Lipinski definition) is 3. The fraction of sp³-hybridized carbons (Fsp3) is 0.176. The fourth-order valence-electron chi connectivity index (χ4n) is 1.89. The smallest absolute Gasteiger partial charge is 0.307 e. The molecule has 0 aliphatic rings. The molecule has 0 radical (unpaired) electrons. The molecule has 4 nitrogen and oxygen atoms in total. The Hall–Kier alpha value is -2.83. The van der Waals surface area contributed by atoms with Crippen LogP contribution in [-0.2, 0) is 16.1 Å². The third-order valence-electron chi connectivity index (χ3n) is 3.14. The molecule has 0 fully saturated rings. The highest BCUT2D eigenvalue weighted by Gasteiger charge is 2.13. The van der Waals surface area contributed by atoms with Gasteiger partial charge < -0.3 is 10.1 Å². The zero-order chi connectivity index (χ0) is 17.5. The molecule has 2 aromatic carbocycles. The molecule has 1 amide bonds. The Labute approximate surface area is 136 Å². The average Bonchev–Trinajstić information content (AvgIpc) is 2.54. The quantitative estimate of drug-likeness (QED) is 0.825. The molecule has 0 saturated heterocycles. The topological polar surface area (TPSA) is 55.4 Å². The summed E-state index contributed by atoms with van der Waals surface area (Å²) in [6.07, 6.45) is -0.164. The summed E-state index contributed by atoms with van der Waals surface area (Å²) >= 11 is 0. The molecule has 0 aliphatic carbocycles. The van der Waals surface area contributed by atoms with Crippen LogP contribution in [0, 0.1) is 17.5 Å². The Bertz CT molecular complexity index is 750. The van der Waals surface area contributed by atoms with Gasteiger partial charge in [-0.2, -0.15) is 0 Å². The molecule has 2 rings (SSSR count). The van der Waals surface area contributed by atoms with Gasteiger partial charge in [-0.05, 0) is 18.2 Å². The van der Waals surface area contributed by atoms with Crippen LogP contribution < -0.4 is 5.32 Å². The first-order valence-corrected chi connectivity index (χ1v) is 7.09. The minimum Gasteiger partial charge on any atom is -0.461 e. The van der Waals surface area contributed by atoms with E-state index in [1.54, 1.807) is 6.07 Å². The maximum absolute atomic E-state index is 13.4. The van der Waals surface area contributed by atoms with Crippen LogP contribution in [0.1, 0.15) is 22.3 Å². The lowest BCUT2D eigenvalue weighted by atomic mass is 10.2. The predicted molar refractivity (Wildman–Crippen MR) is 79.5 cm³/mol. The number of esters is 1. The van der Waals surface area contributed by atoms with Crippen molar-refractivity contribution >= 4 is 11.9 Å². The Morgan fingerprint density at radius 1 is 1.00 bits per heavy atom. The van der Waals surface area contributed by atoms with Gasteiger partial charge in [0.05, 0.1) is 12.0 Å². The second kappa shape index (κ2) is 8.14. The molecule has 0 aromatic heterocycles. The van der Waals surface area contributed by atoms with Gasteiger partial charge in [0.25, 0.3) is 5.91 Å². The number of benzene rings is 2. The van der Waals surface area contributed by atoms with E-state index in [0.29, 0.717) is 6.07 Å². The SMILES string of the molecule is O=C(CCNC(=O)c1ccc(F)cc1F)OCc1ccccc1F. The van der Waals surface area contributed by atoms with Gasteiger partial charge in [0.1, 0.15) is 24.1 Å². The second-order valence-corrected chi connectivity index (χ2v) is 4.88. The van der Waals surface area contributed by atoms with E-state index in [0.717, 1.165) is 12.1 Å². The van der Waals surface area contributed by atoms with E-state index >= 15 is 0 Å². The lowest BCUT2D eigenvalue weighted by molar-refractivity contribution is -0.144. The van der Waals surface area contributed by atoms with E-state index in [4.69, 9.17) is 4.74 Å².